The molecule has 34 heavy (non-hydrogen) atoms. The van der Waals surface area contributed by atoms with Gasteiger partial charge in [-0.05, 0) is 66.6 Å². The Labute approximate surface area is 201 Å². The van der Waals surface area contributed by atoms with Gasteiger partial charge in [-0.25, -0.2) is 4.79 Å². The lowest BCUT2D eigenvalue weighted by molar-refractivity contribution is 0.0696. The molecule has 0 spiro atoms. The first-order valence-electron chi connectivity index (χ1n) is 11.7. The van der Waals surface area contributed by atoms with Gasteiger partial charge in [-0.15, -0.1) is 0 Å². The summed E-state index contributed by atoms with van der Waals surface area (Å²) in [5.74, 6) is -0.532. The van der Waals surface area contributed by atoms with Gasteiger partial charge in [0.25, 0.3) is 5.91 Å². The number of carboxylic acids is 1. The number of benzene rings is 3. The third-order valence-electron chi connectivity index (χ3n) is 6.10. The van der Waals surface area contributed by atoms with Crippen LogP contribution in [0.3, 0.4) is 0 Å². The van der Waals surface area contributed by atoms with E-state index in [1.54, 1.807) is 12.1 Å². The smallest absolute Gasteiger partial charge is 0.335 e. The van der Waals surface area contributed by atoms with Crippen LogP contribution in [-0.4, -0.2) is 49.7 Å². The van der Waals surface area contributed by atoms with E-state index in [1.807, 2.05) is 71.6 Å². The quantitative estimate of drug-likeness (QED) is 0.540. The summed E-state index contributed by atoms with van der Waals surface area (Å²) in [5, 5.41) is 9.08. The number of carbonyl (C=O) groups excluding carboxylic acids is 1. The second kappa shape index (κ2) is 10.4. The van der Waals surface area contributed by atoms with E-state index in [0.717, 1.165) is 43.2 Å². The number of para-hydroxylation sites is 1. The van der Waals surface area contributed by atoms with Crippen LogP contribution >= 0.6 is 0 Å². The topological polar surface area (TPSA) is 64.1 Å². The Morgan fingerprint density at radius 3 is 1.68 bits per heavy atom. The number of amides is 1. The molecule has 0 radical (unpaired) electrons. The Kier molecular flexibility index (Phi) is 7.16. The number of rotatable bonds is 7. The largest absolute Gasteiger partial charge is 0.478 e. The Bertz CT molecular complexity index is 1100. The molecule has 1 heterocycles. The lowest BCUT2D eigenvalue weighted by Gasteiger charge is -2.37. The van der Waals surface area contributed by atoms with Gasteiger partial charge in [0.1, 0.15) is 0 Å². The average molecular weight is 458 g/mol. The predicted octanol–water partition coefficient (Wildman–Crippen LogP) is 5.01. The molecule has 176 valence electrons. The predicted molar refractivity (Wildman–Crippen MR) is 137 cm³/mol. The van der Waals surface area contributed by atoms with Crippen LogP contribution in [0.25, 0.3) is 0 Å². The van der Waals surface area contributed by atoms with Crippen LogP contribution in [0.1, 0.15) is 34.6 Å². The van der Waals surface area contributed by atoms with Crippen molar-refractivity contribution in [2.24, 2.45) is 5.92 Å². The monoisotopic (exact) mass is 457 g/mol. The van der Waals surface area contributed by atoms with Crippen LogP contribution in [0.2, 0.25) is 0 Å². The van der Waals surface area contributed by atoms with Gasteiger partial charge in [0.2, 0.25) is 0 Å². The molecular weight excluding hydrogens is 426 g/mol. The number of hydrogen-bond donors (Lipinski definition) is 1. The normalized spacial score (nSPS) is 13.7. The zero-order valence-electron chi connectivity index (χ0n) is 19.7. The number of carbonyl (C=O) groups is 2. The molecule has 0 unspecified atom stereocenters. The molecule has 3 aromatic rings. The Morgan fingerprint density at radius 2 is 1.24 bits per heavy atom. The van der Waals surface area contributed by atoms with E-state index in [0.29, 0.717) is 23.6 Å². The van der Waals surface area contributed by atoms with Crippen molar-refractivity contribution in [1.29, 1.82) is 0 Å². The van der Waals surface area contributed by atoms with Crippen molar-refractivity contribution >= 4 is 28.9 Å². The molecule has 1 fully saturated rings. The number of nitrogens with zero attached hydrogens (tertiary/aromatic N) is 3. The first-order chi connectivity index (χ1) is 16.4. The van der Waals surface area contributed by atoms with Gasteiger partial charge >= 0.3 is 5.97 Å². The Hall–Kier alpha value is -3.80. The number of aromatic carboxylic acids is 1. The molecule has 1 amide bonds. The molecule has 6 heteroatoms. The van der Waals surface area contributed by atoms with Crippen LogP contribution < -0.4 is 14.7 Å². The molecular formula is C28H31N3O3. The van der Waals surface area contributed by atoms with Gasteiger partial charge in [0.15, 0.2) is 0 Å². The third-order valence-corrected chi connectivity index (χ3v) is 6.10. The number of hydrogen-bond acceptors (Lipinski definition) is 4. The van der Waals surface area contributed by atoms with Crippen molar-refractivity contribution in [1.82, 2.24) is 0 Å². The summed E-state index contributed by atoms with van der Waals surface area (Å²) in [6, 6.07) is 24.8. The SMILES string of the molecule is CC(C)CN(C(=O)c1ccc(N2CCN(c3ccc(C(=O)O)cc3)CC2)cc1)c1ccccc1. The van der Waals surface area contributed by atoms with E-state index < -0.39 is 5.97 Å². The van der Waals surface area contributed by atoms with Crippen molar-refractivity contribution in [2.75, 3.05) is 47.4 Å². The molecule has 0 aliphatic carbocycles. The minimum Gasteiger partial charge on any atom is -0.478 e. The van der Waals surface area contributed by atoms with E-state index in [4.69, 9.17) is 5.11 Å². The molecule has 0 aromatic heterocycles. The fourth-order valence-corrected chi connectivity index (χ4v) is 4.29. The first-order valence-corrected chi connectivity index (χ1v) is 11.7. The fraction of sp³-hybridized carbons (Fsp3) is 0.286. The van der Waals surface area contributed by atoms with Crippen molar-refractivity contribution in [2.45, 2.75) is 13.8 Å². The minimum absolute atomic E-state index is 0.0149. The number of piperazine rings is 1. The lowest BCUT2D eigenvalue weighted by atomic mass is 10.1. The number of carboxylic acid groups (broad SMARTS) is 1. The summed E-state index contributed by atoms with van der Waals surface area (Å²) in [6.07, 6.45) is 0. The Morgan fingerprint density at radius 1 is 0.765 bits per heavy atom. The van der Waals surface area contributed by atoms with Gasteiger partial charge in [0.05, 0.1) is 5.56 Å². The average Bonchev–Trinajstić information content (AvgIpc) is 2.87. The molecule has 4 rings (SSSR count). The van der Waals surface area contributed by atoms with E-state index in [2.05, 4.69) is 23.6 Å². The summed E-state index contributed by atoms with van der Waals surface area (Å²) >= 11 is 0. The van der Waals surface area contributed by atoms with Crippen LogP contribution in [0.15, 0.2) is 78.9 Å². The van der Waals surface area contributed by atoms with E-state index in [-0.39, 0.29) is 5.91 Å². The van der Waals surface area contributed by atoms with Gasteiger partial charge in [-0.1, -0.05) is 32.0 Å². The molecule has 6 nitrogen and oxygen atoms in total. The maximum absolute atomic E-state index is 13.3. The molecule has 0 saturated carbocycles. The summed E-state index contributed by atoms with van der Waals surface area (Å²) in [7, 11) is 0. The highest BCUT2D eigenvalue weighted by molar-refractivity contribution is 6.06. The summed E-state index contributed by atoms with van der Waals surface area (Å²) in [5.41, 5.74) is 4.05. The second-order valence-electron chi connectivity index (χ2n) is 9.02. The fourth-order valence-electron chi connectivity index (χ4n) is 4.29. The van der Waals surface area contributed by atoms with Crippen LogP contribution in [0.4, 0.5) is 17.1 Å². The molecule has 0 atom stereocenters. The molecule has 1 N–H and O–H groups in total. The summed E-state index contributed by atoms with van der Waals surface area (Å²) in [6.45, 7) is 8.32. The maximum Gasteiger partial charge on any atom is 0.335 e. The molecule has 1 aliphatic heterocycles. The third kappa shape index (κ3) is 5.39. The zero-order chi connectivity index (χ0) is 24.1. The molecule has 1 aliphatic rings. The zero-order valence-corrected chi connectivity index (χ0v) is 19.7. The van der Waals surface area contributed by atoms with Crippen LogP contribution in [-0.2, 0) is 0 Å². The molecule has 3 aromatic carbocycles. The molecule has 0 bridgehead atoms. The van der Waals surface area contributed by atoms with E-state index >= 15 is 0 Å². The van der Waals surface area contributed by atoms with Crippen molar-refractivity contribution in [3.63, 3.8) is 0 Å². The van der Waals surface area contributed by atoms with Gasteiger partial charge in [0, 0.05) is 55.3 Å². The van der Waals surface area contributed by atoms with Crippen LogP contribution in [0.5, 0.6) is 0 Å². The first kappa shape index (κ1) is 23.4. The highest BCUT2D eigenvalue weighted by atomic mass is 16.4. The maximum atomic E-state index is 13.3. The Balaban J connectivity index is 1.40. The van der Waals surface area contributed by atoms with Gasteiger partial charge in [-0.2, -0.15) is 0 Å². The van der Waals surface area contributed by atoms with Crippen molar-refractivity contribution in [3.05, 3.63) is 90.0 Å². The summed E-state index contributed by atoms with van der Waals surface area (Å²) < 4.78 is 0. The number of anilines is 3. The van der Waals surface area contributed by atoms with Gasteiger partial charge in [-0.3, -0.25) is 4.79 Å². The minimum atomic E-state index is -0.908. The van der Waals surface area contributed by atoms with E-state index in [1.165, 1.54) is 0 Å². The highest BCUT2D eigenvalue weighted by Crippen LogP contribution is 2.23. The second-order valence-corrected chi connectivity index (χ2v) is 9.02. The van der Waals surface area contributed by atoms with Gasteiger partial charge < -0.3 is 19.8 Å². The van der Waals surface area contributed by atoms with Crippen LogP contribution in [0, 0.1) is 5.92 Å². The standard InChI is InChI=1S/C28H31N3O3/c1-21(2)20-31(26-6-4-3-5-7-26)27(32)22-8-12-24(13-9-22)29-16-18-30(19-17-29)25-14-10-23(11-15-25)28(33)34/h3-15,21H,16-20H2,1-2H3,(H,33,34). The van der Waals surface area contributed by atoms with Crippen molar-refractivity contribution in [3.8, 4) is 0 Å². The van der Waals surface area contributed by atoms with E-state index in [9.17, 15) is 9.59 Å². The summed E-state index contributed by atoms with van der Waals surface area (Å²) in [4.78, 5) is 30.8. The van der Waals surface area contributed by atoms with Crippen molar-refractivity contribution < 1.29 is 14.7 Å². The lowest BCUT2D eigenvalue weighted by Crippen LogP contribution is -2.46. The molecule has 1 saturated heterocycles. The highest BCUT2D eigenvalue weighted by Gasteiger charge is 2.21.